The van der Waals surface area contributed by atoms with Gasteiger partial charge in [0.2, 0.25) is 0 Å². The van der Waals surface area contributed by atoms with Gasteiger partial charge in [-0.1, -0.05) is 18.3 Å². The molecule has 0 rings (SSSR count). The maximum Gasteiger partial charge on any atom is 0.501 e. The van der Waals surface area contributed by atoms with Crippen molar-refractivity contribution in [2.45, 2.75) is 73.4 Å². The Hall–Kier alpha value is 0.734. The fourth-order valence-electron chi connectivity index (χ4n) is 3.35. The van der Waals surface area contributed by atoms with Gasteiger partial charge < -0.3 is 31.1 Å². The molecule has 0 amide bonds. The highest BCUT2D eigenvalue weighted by Crippen LogP contribution is 2.60. The number of hydrogen-bond donors (Lipinski definition) is 0. The summed E-state index contributed by atoms with van der Waals surface area (Å²) in [5.41, 5.74) is 0. The Morgan fingerprint density at radius 2 is 1.00 bits per heavy atom. The Balaban J connectivity index is 4.89. The molecule has 0 aromatic heterocycles. The average Bonchev–Trinajstić information content (AvgIpc) is 2.73. The van der Waals surface area contributed by atoms with Gasteiger partial charge in [-0.25, -0.2) is 0 Å². The first kappa shape index (κ1) is 32.7. The minimum absolute atomic E-state index is 0.386. The van der Waals surface area contributed by atoms with Gasteiger partial charge in [0.05, 0.1) is 6.61 Å². The normalized spacial score (nSPS) is 14.6. The van der Waals surface area contributed by atoms with Crippen LogP contribution in [0.2, 0.25) is 12.1 Å². The molecule has 1 unspecified atom stereocenters. The lowest BCUT2D eigenvalue weighted by Gasteiger charge is -2.29. The molecule has 0 N–H and O–H groups in total. The largest absolute Gasteiger partial charge is 0.501 e. The topological polar surface area (TPSA) is 81.7 Å². The second kappa shape index (κ2) is 19.0. The van der Waals surface area contributed by atoms with E-state index >= 15 is 0 Å². The van der Waals surface area contributed by atoms with Crippen LogP contribution < -0.4 is 0 Å². The van der Waals surface area contributed by atoms with E-state index in [1.54, 1.807) is 0 Å². The first-order valence-corrected chi connectivity index (χ1v) is 19.3. The van der Waals surface area contributed by atoms with E-state index in [2.05, 4.69) is 0 Å². The van der Waals surface area contributed by atoms with E-state index in [0.717, 1.165) is 5.75 Å². The van der Waals surface area contributed by atoms with Crippen LogP contribution in [0.1, 0.15) is 61.3 Å². The third-order valence-corrected chi connectivity index (χ3v) is 15.6. The van der Waals surface area contributed by atoms with E-state index in [1.165, 1.54) is 11.4 Å². The van der Waals surface area contributed by atoms with Crippen molar-refractivity contribution in [3.05, 3.63) is 0 Å². The molecule has 1 atom stereocenters. The highest BCUT2D eigenvalue weighted by molar-refractivity contribution is 8.56. The van der Waals surface area contributed by atoms with Crippen LogP contribution in [0.3, 0.4) is 0 Å². The van der Waals surface area contributed by atoms with E-state index in [9.17, 15) is 4.57 Å². The van der Waals surface area contributed by atoms with Crippen molar-refractivity contribution in [1.29, 1.82) is 0 Å². The Bertz CT molecular complexity index is 470. The van der Waals surface area contributed by atoms with Crippen LogP contribution in [0.15, 0.2) is 0 Å². The smallest absolute Gasteiger partial charge is 0.374 e. The second-order valence-corrected chi connectivity index (χ2v) is 17.4. The number of rotatable bonds is 23. The van der Waals surface area contributed by atoms with Gasteiger partial charge in [0, 0.05) is 57.9 Å². The van der Waals surface area contributed by atoms with E-state index in [-0.39, 0.29) is 0 Å². The molecule has 32 heavy (non-hydrogen) atoms. The molecule has 0 heterocycles. The number of hydrogen-bond acceptors (Lipinski definition) is 9. The third kappa shape index (κ3) is 13.0. The summed E-state index contributed by atoms with van der Waals surface area (Å²) >= 11 is 1.40. The summed E-state index contributed by atoms with van der Waals surface area (Å²) in [6.45, 7) is 14.5. The Labute approximate surface area is 202 Å². The van der Waals surface area contributed by atoms with Gasteiger partial charge in [0.25, 0.3) is 6.57 Å². The Morgan fingerprint density at radius 3 is 1.34 bits per heavy atom. The maximum atomic E-state index is 13.4. The first-order valence-electron chi connectivity index (χ1n) is 12.1. The highest BCUT2D eigenvalue weighted by atomic mass is 32.7. The van der Waals surface area contributed by atoms with Crippen LogP contribution in [0.4, 0.5) is 0 Å². The van der Waals surface area contributed by atoms with Gasteiger partial charge >= 0.3 is 17.6 Å². The molecular formula is C20H47O8PSSi2. The summed E-state index contributed by atoms with van der Waals surface area (Å²) in [6.07, 6.45) is 1.82. The molecule has 0 aliphatic carbocycles. The predicted octanol–water partition coefficient (Wildman–Crippen LogP) is 5.83. The molecule has 12 heteroatoms. The summed E-state index contributed by atoms with van der Waals surface area (Å²) in [7, 11) is -5.45. The summed E-state index contributed by atoms with van der Waals surface area (Å²) in [5.74, 6) is 0.734. The van der Waals surface area contributed by atoms with Crippen LogP contribution in [0.5, 0.6) is 0 Å². The molecule has 0 saturated carbocycles. The molecule has 0 saturated heterocycles. The molecular weight excluding hydrogens is 487 g/mol. The predicted molar refractivity (Wildman–Crippen MR) is 137 cm³/mol. The zero-order valence-electron chi connectivity index (χ0n) is 21.3. The third-order valence-electron chi connectivity index (χ3n) is 4.34. The van der Waals surface area contributed by atoms with Gasteiger partial charge in [-0.3, -0.25) is 4.57 Å². The van der Waals surface area contributed by atoms with Crippen LogP contribution in [0, 0.1) is 0 Å². The van der Waals surface area contributed by atoms with Crippen molar-refractivity contribution in [2.24, 2.45) is 0 Å². The summed E-state index contributed by atoms with van der Waals surface area (Å²) in [6, 6.07) is 1.28. The fourth-order valence-corrected chi connectivity index (χ4v) is 12.9. The highest BCUT2D eigenvalue weighted by Gasteiger charge is 2.41. The van der Waals surface area contributed by atoms with Gasteiger partial charge in [-0.15, -0.1) is 0 Å². The zero-order valence-corrected chi connectivity index (χ0v) is 25.0. The monoisotopic (exact) mass is 534 g/mol. The van der Waals surface area contributed by atoms with Gasteiger partial charge in [-0.2, -0.15) is 0 Å². The van der Waals surface area contributed by atoms with Gasteiger partial charge in [0.1, 0.15) is 0 Å². The van der Waals surface area contributed by atoms with E-state index in [1.807, 2.05) is 48.5 Å². The maximum absolute atomic E-state index is 13.4. The van der Waals surface area contributed by atoms with Crippen LogP contribution in [-0.4, -0.2) is 75.8 Å². The van der Waals surface area contributed by atoms with Crippen molar-refractivity contribution in [1.82, 2.24) is 0 Å². The second-order valence-electron chi connectivity index (χ2n) is 6.76. The standard InChI is InChI=1S/C20H47O8PSSi2/c1-8-23-31(24-9-2,25-10-3)19-15-17-22-29(21,30-14-7)18-16-20-32(26-11-4,27-12-5)28-13-6/h8-20H2,1-7H3. The van der Waals surface area contributed by atoms with E-state index in [4.69, 9.17) is 31.1 Å². The quantitative estimate of drug-likeness (QED) is 0.0914. The first-order chi connectivity index (χ1) is 15.3. The summed E-state index contributed by atoms with van der Waals surface area (Å²) in [5, 5.41) is 0. The summed E-state index contributed by atoms with van der Waals surface area (Å²) in [4.78, 5) is 0. The summed E-state index contributed by atoms with van der Waals surface area (Å²) < 4.78 is 54.8. The van der Waals surface area contributed by atoms with Crippen LogP contribution in [-0.2, 0) is 35.6 Å². The lowest BCUT2D eigenvalue weighted by atomic mass is 10.5. The van der Waals surface area contributed by atoms with Crippen molar-refractivity contribution in [3.63, 3.8) is 0 Å². The van der Waals surface area contributed by atoms with Gasteiger partial charge in [-0.05, 0) is 60.1 Å². The SMILES string of the molecule is CCO[Si](CCCOP(=O)(CCC[Si](OCC)(OCC)OCC)SCC)(OCC)OCC. The average molecular weight is 535 g/mol. The minimum atomic E-state index is -2.83. The van der Waals surface area contributed by atoms with E-state index < -0.39 is 24.2 Å². The molecule has 0 spiro atoms. The molecule has 0 radical (unpaired) electrons. The van der Waals surface area contributed by atoms with Crippen molar-refractivity contribution >= 4 is 35.6 Å². The lowest BCUT2D eigenvalue weighted by Crippen LogP contribution is -2.46. The molecule has 0 aromatic rings. The zero-order chi connectivity index (χ0) is 24.3. The van der Waals surface area contributed by atoms with Crippen molar-refractivity contribution in [2.75, 3.05) is 58.2 Å². The van der Waals surface area contributed by atoms with Crippen LogP contribution in [0.25, 0.3) is 0 Å². The lowest BCUT2D eigenvalue weighted by molar-refractivity contribution is 0.0691. The minimum Gasteiger partial charge on any atom is -0.374 e. The van der Waals surface area contributed by atoms with E-state index in [0.29, 0.717) is 77.3 Å². The van der Waals surface area contributed by atoms with Gasteiger partial charge in [0.15, 0.2) is 0 Å². The molecule has 0 aliphatic rings. The molecule has 0 aliphatic heterocycles. The molecule has 0 aromatic carbocycles. The fraction of sp³-hybridized carbons (Fsp3) is 1.00. The van der Waals surface area contributed by atoms with Crippen molar-refractivity contribution < 1.29 is 35.6 Å². The molecule has 0 bridgehead atoms. The molecule has 194 valence electrons. The van der Waals surface area contributed by atoms with Crippen molar-refractivity contribution in [3.8, 4) is 0 Å². The molecule has 8 nitrogen and oxygen atoms in total. The Morgan fingerprint density at radius 1 is 0.625 bits per heavy atom. The van der Waals surface area contributed by atoms with Crippen LogP contribution >= 0.6 is 18.0 Å². The Kier molecular flexibility index (Phi) is 19.4. The molecule has 0 fully saturated rings.